The number of carbonyl (C=O) groups excluding carboxylic acids is 1. The maximum atomic E-state index is 11.8. The molecule has 32 heavy (non-hydrogen) atoms. The van der Waals surface area contributed by atoms with Crippen LogP contribution in [0.4, 0.5) is 10.6 Å². The minimum atomic E-state index is -3.03. The van der Waals surface area contributed by atoms with Crippen molar-refractivity contribution in [2.45, 2.75) is 31.8 Å². The standard InChI is InChI=1S/C21H28N6O4S/c1-31-11-8-17-25-18-19(15-6-2-3-7-16(15)24-20(18)22)27(17)10-5-4-9-26(21(23)28)14-12-32(29,30)13-14/h2-3,6-7,14H,4-5,8-13H2,1H3,(H2,22,24)(H2,23,28). The number of pyridine rings is 1. The Morgan fingerprint density at radius 3 is 2.69 bits per heavy atom. The number of unbranched alkanes of at least 4 members (excludes halogenated alkanes) is 1. The highest BCUT2D eigenvalue weighted by atomic mass is 32.2. The number of urea groups is 1. The van der Waals surface area contributed by atoms with E-state index in [1.807, 2.05) is 24.3 Å². The first kappa shape index (κ1) is 22.3. The van der Waals surface area contributed by atoms with Crippen molar-refractivity contribution < 1.29 is 17.9 Å². The molecule has 1 saturated heterocycles. The van der Waals surface area contributed by atoms with Crippen LogP contribution in [0, 0.1) is 0 Å². The number of hydrogen-bond acceptors (Lipinski definition) is 7. The first-order chi connectivity index (χ1) is 15.3. The third-order valence-electron chi connectivity index (χ3n) is 5.87. The number of nitrogens with zero attached hydrogens (tertiary/aromatic N) is 4. The average molecular weight is 461 g/mol. The van der Waals surface area contributed by atoms with Crippen LogP contribution in [-0.2, 0) is 27.5 Å². The van der Waals surface area contributed by atoms with Crippen molar-refractivity contribution in [2.24, 2.45) is 5.73 Å². The number of carbonyl (C=O) groups is 1. The van der Waals surface area contributed by atoms with Crippen LogP contribution < -0.4 is 11.5 Å². The Bertz CT molecular complexity index is 1240. The summed E-state index contributed by atoms with van der Waals surface area (Å²) in [5, 5.41) is 0.978. The van der Waals surface area contributed by atoms with Crippen molar-refractivity contribution in [1.82, 2.24) is 19.4 Å². The Kier molecular flexibility index (Phi) is 6.20. The molecule has 0 radical (unpaired) electrons. The molecule has 11 heteroatoms. The third-order valence-corrected chi connectivity index (χ3v) is 7.65. The number of anilines is 1. The fraction of sp³-hybridized carbons (Fsp3) is 0.476. The predicted molar refractivity (Wildman–Crippen MR) is 123 cm³/mol. The van der Waals surface area contributed by atoms with Crippen molar-refractivity contribution in [1.29, 1.82) is 0 Å². The number of amides is 2. The Hall–Kier alpha value is -2.92. The lowest BCUT2D eigenvalue weighted by Crippen LogP contribution is -2.57. The van der Waals surface area contributed by atoms with Crippen molar-refractivity contribution in [3.05, 3.63) is 30.1 Å². The van der Waals surface area contributed by atoms with E-state index >= 15 is 0 Å². The summed E-state index contributed by atoms with van der Waals surface area (Å²) in [6.07, 6.45) is 2.07. The second-order valence-electron chi connectivity index (χ2n) is 8.10. The number of nitrogens with two attached hydrogens (primary N) is 2. The first-order valence-electron chi connectivity index (χ1n) is 10.6. The molecule has 2 amide bonds. The summed E-state index contributed by atoms with van der Waals surface area (Å²) in [6.45, 7) is 1.61. The van der Waals surface area contributed by atoms with Crippen molar-refractivity contribution in [2.75, 3.05) is 37.5 Å². The van der Waals surface area contributed by atoms with Gasteiger partial charge in [-0.3, -0.25) is 0 Å². The van der Waals surface area contributed by atoms with Crippen LogP contribution in [0.2, 0.25) is 0 Å². The zero-order valence-corrected chi connectivity index (χ0v) is 18.8. The van der Waals surface area contributed by atoms with E-state index < -0.39 is 15.9 Å². The van der Waals surface area contributed by atoms with Gasteiger partial charge in [0.2, 0.25) is 0 Å². The number of para-hydroxylation sites is 1. The Labute approximate surface area is 186 Å². The molecule has 3 aromatic rings. The number of fused-ring (bicyclic) bond motifs is 3. The smallest absolute Gasteiger partial charge is 0.315 e. The van der Waals surface area contributed by atoms with Gasteiger partial charge in [0.1, 0.15) is 11.3 Å². The summed E-state index contributed by atoms with van der Waals surface area (Å²) in [5.74, 6) is 1.23. The van der Waals surface area contributed by atoms with E-state index in [-0.39, 0.29) is 17.5 Å². The van der Waals surface area contributed by atoms with Crippen molar-refractivity contribution in [3.8, 4) is 0 Å². The van der Waals surface area contributed by atoms with Gasteiger partial charge in [-0.1, -0.05) is 18.2 Å². The van der Waals surface area contributed by atoms with E-state index in [9.17, 15) is 13.2 Å². The zero-order chi connectivity index (χ0) is 22.9. The third kappa shape index (κ3) is 4.35. The Morgan fingerprint density at radius 1 is 1.25 bits per heavy atom. The van der Waals surface area contributed by atoms with Crippen LogP contribution in [0.5, 0.6) is 0 Å². The van der Waals surface area contributed by atoms with E-state index in [1.165, 1.54) is 4.90 Å². The zero-order valence-electron chi connectivity index (χ0n) is 18.0. The maximum Gasteiger partial charge on any atom is 0.315 e. The molecular weight excluding hydrogens is 432 g/mol. The molecule has 3 heterocycles. The molecule has 172 valence electrons. The van der Waals surface area contributed by atoms with Crippen LogP contribution in [-0.4, -0.2) is 71.7 Å². The van der Waals surface area contributed by atoms with Gasteiger partial charge in [-0.15, -0.1) is 0 Å². The van der Waals surface area contributed by atoms with E-state index in [0.717, 1.165) is 28.7 Å². The summed E-state index contributed by atoms with van der Waals surface area (Å²) in [5.41, 5.74) is 14.1. The Balaban J connectivity index is 1.55. The van der Waals surface area contributed by atoms with Crippen LogP contribution in [0.25, 0.3) is 21.9 Å². The number of aryl methyl sites for hydroxylation is 1. The fourth-order valence-corrected chi connectivity index (χ4v) is 5.71. The average Bonchev–Trinajstić information content (AvgIpc) is 3.09. The first-order valence-corrected chi connectivity index (χ1v) is 12.4. The summed E-state index contributed by atoms with van der Waals surface area (Å²) < 4.78 is 30.4. The van der Waals surface area contributed by atoms with Gasteiger partial charge in [0.15, 0.2) is 15.7 Å². The SMILES string of the molecule is COCCc1nc2c(N)nc3ccccc3c2n1CCCCN(C(N)=O)C1CS(=O)(=O)C1. The van der Waals surface area contributed by atoms with E-state index in [1.54, 1.807) is 7.11 Å². The van der Waals surface area contributed by atoms with Gasteiger partial charge in [-0.05, 0) is 18.9 Å². The topological polar surface area (TPSA) is 146 Å². The minimum Gasteiger partial charge on any atom is -0.384 e. The van der Waals surface area contributed by atoms with E-state index in [4.69, 9.17) is 21.2 Å². The lowest BCUT2D eigenvalue weighted by atomic mass is 10.2. The van der Waals surface area contributed by atoms with Crippen molar-refractivity contribution in [3.63, 3.8) is 0 Å². The number of benzene rings is 1. The lowest BCUT2D eigenvalue weighted by molar-refractivity contribution is 0.188. The van der Waals surface area contributed by atoms with Crippen molar-refractivity contribution >= 4 is 43.6 Å². The van der Waals surface area contributed by atoms with Gasteiger partial charge < -0.3 is 25.7 Å². The highest BCUT2D eigenvalue weighted by Crippen LogP contribution is 2.29. The van der Waals surface area contributed by atoms with E-state index in [2.05, 4.69) is 9.55 Å². The number of hydrogen-bond donors (Lipinski definition) is 2. The second-order valence-corrected chi connectivity index (χ2v) is 10.3. The number of sulfone groups is 1. The largest absolute Gasteiger partial charge is 0.384 e. The van der Waals surface area contributed by atoms with Gasteiger partial charge in [0, 0.05) is 32.0 Å². The van der Waals surface area contributed by atoms with Gasteiger partial charge in [0.05, 0.1) is 35.2 Å². The molecule has 0 spiro atoms. The van der Waals surface area contributed by atoms with Crippen LogP contribution in [0.1, 0.15) is 18.7 Å². The summed E-state index contributed by atoms with van der Waals surface area (Å²) in [6, 6.07) is 6.92. The molecular formula is C21H28N6O4S. The molecule has 0 bridgehead atoms. The minimum absolute atomic E-state index is 0.0124. The van der Waals surface area contributed by atoms with Crippen LogP contribution in [0.15, 0.2) is 24.3 Å². The van der Waals surface area contributed by atoms with Gasteiger partial charge >= 0.3 is 6.03 Å². The van der Waals surface area contributed by atoms with Crippen LogP contribution >= 0.6 is 0 Å². The van der Waals surface area contributed by atoms with E-state index in [0.29, 0.717) is 43.9 Å². The number of methoxy groups -OCH3 is 1. The van der Waals surface area contributed by atoms with Gasteiger partial charge in [-0.25, -0.2) is 23.2 Å². The number of primary amides is 1. The number of rotatable bonds is 9. The molecule has 0 unspecified atom stereocenters. The molecule has 1 aliphatic rings. The number of nitrogen functional groups attached to an aromatic ring is 1. The molecule has 1 fully saturated rings. The molecule has 0 aliphatic carbocycles. The molecule has 0 saturated carbocycles. The lowest BCUT2D eigenvalue weighted by Gasteiger charge is -2.35. The fourth-order valence-electron chi connectivity index (χ4n) is 4.27. The molecule has 0 atom stereocenters. The molecule has 4 rings (SSSR count). The number of ether oxygens (including phenoxy) is 1. The molecule has 10 nitrogen and oxygen atoms in total. The summed E-state index contributed by atoms with van der Waals surface area (Å²) in [7, 11) is -1.38. The second kappa shape index (κ2) is 8.91. The molecule has 1 aromatic carbocycles. The number of imidazole rings is 1. The maximum absolute atomic E-state index is 11.8. The highest BCUT2D eigenvalue weighted by molar-refractivity contribution is 7.92. The van der Waals surface area contributed by atoms with Gasteiger partial charge in [-0.2, -0.15) is 0 Å². The number of aromatic nitrogens is 3. The molecule has 2 aromatic heterocycles. The molecule has 1 aliphatic heterocycles. The molecule has 4 N–H and O–H groups in total. The Morgan fingerprint density at radius 2 is 2.00 bits per heavy atom. The highest BCUT2D eigenvalue weighted by Gasteiger charge is 2.38. The summed E-state index contributed by atoms with van der Waals surface area (Å²) >= 11 is 0. The quantitative estimate of drug-likeness (QED) is 0.458. The normalized spacial score (nSPS) is 15.8. The predicted octanol–water partition coefficient (Wildman–Crippen LogP) is 1.31. The monoisotopic (exact) mass is 460 g/mol. The van der Waals surface area contributed by atoms with Crippen LogP contribution in [0.3, 0.4) is 0 Å². The summed E-state index contributed by atoms with van der Waals surface area (Å²) in [4.78, 5) is 22.5. The van der Waals surface area contributed by atoms with Gasteiger partial charge in [0.25, 0.3) is 0 Å².